The first kappa shape index (κ1) is 10.3. The highest BCUT2D eigenvalue weighted by Gasteiger charge is 2.48. The summed E-state index contributed by atoms with van der Waals surface area (Å²) < 4.78 is 0. The van der Waals surface area contributed by atoms with Crippen molar-refractivity contribution in [1.29, 1.82) is 0 Å². The third-order valence-corrected chi connectivity index (χ3v) is 3.83. The molecule has 0 N–H and O–H groups in total. The van der Waals surface area contributed by atoms with Crippen molar-refractivity contribution in [2.45, 2.75) is 32.6 Å². The fourth-order valence-electron chi connectivity index (χ4n) is 2.88. The minimum atomic E-state index is -0.389. The van der Waals surface area contributed by atoms with Crippen molar-refractivity contribution < 1.29 is 9.59 Å². The Morgan fingerprint density at radius 2 is 2.20 bits per heavy atom. The number of rotatable bonds is 1. The molecule has 2 atom stereocenters. The Morgan fingerprint density at radius 1 is 1.47 bits per heavy atom. The van der Waals surface area contributed by atoms with Gasteiger partial charge in [-0.2, -0.15) is 0 Å². The molecule has 0 aromatic heterocycles. The highest BCUT2D eigenvalue weighted by atomic mass is 16.1. The number of ketones is 2. The predicted molar refractivity (Wildman–Crippen MR) is 58.4 cm³/mol. The molecular weight excluding hydrogens is 188 g/mol. The van der Waals surface area contributed by atoms with Crippen molar-refractivity contribution in [2.75, 3.05) is 0 Å². The lowest BCUT2D eigenvalue weighted by molar-refractivity contribution is -0.126. The zero-order valence-corrected chi connectivity index (χ0v) is 9.08. The monoisotopic (exact) mass is 204 g/mol. The fraction of sp³-hybridized carbons (Fsp3) is 0.538. The van der Waals surface area contributed by atoms with Crippen LogP contribution < -0.4 is 0 Å². The molecule has 0 bridgehead atoms. The van der Waals surface area contributed by atoms with Gasteiger partial charge < -0.3 is 0 Å². The van der Waals surface area contributed by atoms with Crippen LogP contribution >= 0.6 is 0 Å². The molecule has 0 amide bonds. The van der Waals surface area contributed by atoms with Gasteiger partial charge in [-0.3, -0.25) is 9.59 Å². The van der Waals surface area contributed by atoms with Crippen molar-refractivity contribution in [3.8, 4) is 0 Å². The van der Waals surface area contributed by atoms with Crippen LogP contribution in [0.4, 0.5) is 0 Å². The van der Waals surface area contributed by atoms with Gasteiger partial charge in [0, 0.05) is 12.8 Å². The van der Waals surface area contributed by atoms with Crippen molar-refractivity contribution in [1.82, 2.24) is 0 Å². The second kappa shape index (κ2) is 3.44. The SMILES string of the molecule is C=C[C@@H]1CCC(=O)[C@]12C=C(C)C(=O)CC2. The van der Waals surface area contributed by atoms with E-state index in [1.807, 2.05) is 19.1 Å². The summed E-state index contributed by atoms with van der Waals surface area (Å²) in [5.41, 5.74) is 0.364. The Kier molecular flexibility index (Phi) is 2.37. The van der Waals surface area contributed by atoms with Gasteiger partial charge in [-0.25, -0.2) is 0 Å². The lowest BCUT2D eigenvalue weighted by Gasteiger charge is -2.32. The van der Waals surface area contributed by atoms with Gasteiger partial charge in [-0.05, 0) is 31.3 Å². The number of hydrogen-bond acceptors (Lipinski definition) is 2. The van der Waals surface area contributed by atoms with E-state index in [-0.39, 0.29) is 17.1 Å². The molecule has 1 saturated carbocycles. The highest BCUT2D eigenvalue weighted by Crippen LogP contribution is 2.48. The summed E-state index contributed by atoms with van der Waals surface area (Å²) in [7, 11) is 0. The van der Waals surface area contributed by atoms with E-state index in [4.69, 9.17) is 0 Å². The Hall–Kier alpha value is -1.18. The van der Waals surface area contributed by atoms with Crippen LogP contribution in [0.2, 0.25) is 0 Å². The van der Waals surface area contributed by atoms with Crippen LogP contribution in [0.25, 0.3) is 0 Å². The minimum absolute atomic E-state index is 0.183. The molecule has 1 spiro atoms. The molecule has 80 valence electrons. The Bertz CT molecular complexity index is 365. The van der Waals surface area contributed by atoms with E-state index in [9.17, 15) is 9.59 Å². The number of carbonyl (C=O) groups excluding carboxylic acids is 2. The predicted octanol–water partition coefficient (Wildman–Crippen LogP) is 2.45. The van der Waals surface area contributed by atoms with Gasteiger partial charge in [-0.15, -0.1) is 6.58 Å². The third-order valence-electron chi connectivity index (χ3n) is 3.83. The molecule has 1 fully saturated rings. The van der Waals surface area contributed by atoms with Crippen molar-refractivity contribution >= 4 is 11.6 Å². The minimum Gasteiger partial charge on any atom is -0.299 e. The van der Waals surface area contributed by atoms with E-state index in [2.05, 4.69) is 6.58 Å². The average Bonchev–Trinajstić information content (AvgIpc) is 2.51. The van der Waals surface area contributed by atoms with E-state index in [0.29, 0.717) is 25.0 Å². The number of Topliss-reactive ketones (excluding diaryl/α,β-unsaturated/α-hetero) is 2. The second-order valence-corrected chi connectivity index (χ2v) is 4.59. The molecule has 2 heteroatoms. The van der Waals surface area contributed by atoms with Gasteiger partial charge in [-0.1, -0.05) is 12.2 Å². The second-order valence-electron chi connectivity index (χ2n) is 4.59. The molecular formula is C13H16O2. The molecule has 0 radical (unpaired) electrons. The molecule has 15 heavy (non-hydrogen) atoms. The zero-order chi connectivity index (χ0) is 11.1. The Morgan fingerprint density at radius 3 is 2.80 bits per heavy atom. The maximum Gasteiger partial charge on any atom is 0.158 e. The van der Waals surface area contributed by atoms with E-state index >= 15 is 0 Å². The Labute approximate surface area is 90.1 Å². The molecule has 0 saturated heterocycles. The van der Waals surface area contributed by atoms with Crippen molar-refractivity contribution in [3.05, 3.63) is 24.3 Å². The summed E-state index contributed by atoms with van der Waals surface area (Å²) in [4.78, 5) is 23.4. The van der Waals surface area contributed by atoms with Crippen molar-refractivity contribution in [3.63, 3.8) is 0 Å². The topological polar surface area (TPSA) is 34.1 Å². The molecule has 2 rings (SSSR count). The number of allylic oxidation sites excluding steroid dienone is 3. The largest absolute Gasteiger partial charge is 0.299 e. The standard InChI is InChI=1S/C13H16O2/c1-3-10-4-5-12(15)13(10)7-6-11(14)9(2)8-13/h3,8,10H,1,4-7H2,2H3/t10-,13-/m1/s1. The lowest BCUT2D eigenvalue weighted by atomic mass is 9.69. The summed E-state index contributed by atoms with van der Waals surface area (Å²) in [5, 5.41) is 0. The normalized spacial score (nSPS) is 35.8. The van der Waals surface area contributed by atoms with Crippen LogP contribution in [0.3, 0.4) is 0 Å². The maximum absolute atomic E-state index is 12.0. The fourth-order valence-corrected chi connectivity index (χ4v) is 2.88. The van der Waals surface area contributed by atoms with Gasteiger partial charge in [0.1, 0.15) is 5.78 Å². The highest BCUT2D eigenvalue weighted by molar-refractivity contribution is 6.00. The van der Waals surface area contributed by atoms with Crippen LogP contribution in [0, 0.1) is 11.3 Å². The Balaban J connectivity index is 2.44. The first-order valence-corrected chi connectivity index (χ1v) is 5.48. The van der Waals surface area contributed by atoms with Gasteiger partial charge in [0.2, 0.25) is 0 Å². The molecule has 0 unspecified atom stereocenters. The third kappa shape index (κ3) is 1.39. The molecule has 0 heterocycles. The number of hydrogen-bond donors (Lipinski definition) is 0. The van der Waals surface area contributed by atoms with Crippen LogP contribution in [-0.2, 0) is 9.59 Å². The molecule has 0 aromatic rings. The summed E-state index contributed by atoms with van der Waals surface area (Å²) in [6, 6.07) is 0. The summed E-state index contributed by atoms with van der Waals surface area (Å²) in [6.07, 6.45) is 6.50. The first-order valence-electron chi connectivity index (χ1n) is 5.48. The van der Waals surface area contributed by atoms with Crippen LogP contribution in [-0.4, -0.2) is 11.6 Å². The average molecular weight is 204 g/mol. The van der Waals surface area contributed by atoms with E-state index in [0.717, 1.165) is 12.0 Å². The molecule has 2 aliphatic carbocycles. The van der Waals surface area contributed by atoms with Gasteiger partial charge >= 0.3 is 0 Å². The van der Waals surface area contributed by atoms with E-state index < -0.39 is 0 Å². The number of carbonyl (C=O) groups is 2. The van der Waals surface area contributed by atoms with Gasteiger partial charge in [0.25, 0.3) is 0 Å². The molecule has 0 aromatic carbocycles. The first-order chi connectivity index (χ1) is 7.10. The van der Waals surface area contributed by atoms with E-state index in [1.54, 1.807) is 0 Å². The maximum atomic E-state index is 12.0. The summed E-state index contributed by atoms with van der Waals surface area (Å²) in [5.74, 6) is 0.704. The van der Waals surface area contributed by atoms with Crippen LogP contribution in [0.15, 0.2) is 24.3 Å². The van der Waals surface area contributed by atoms with Gasteiger partial charge in [0.15, 0.2) is 5.78 Å². The van der Waals surface area contributed by atoms with E-state index in [1.165, 1.54) is 0 Å². The van der Waals surface area contributed by atoms with Crippen molar-refractivity contribution in [2.24, 2.45) is 11.3 Å². The molecule has 2 aliphatic rings. The smallest absolute Gasteiger partial charge is 0.158 e. The molecule has 0 aliphatic heterocycles. The summed E-state index contributed by atoms with van der Waals surface area (Å²) in [6.45, 7) is 5.62. The summed E-state index contributed by atoms with van der Waals surface area (Å²) >= 11 is 0. The quantitative estimate of drug-likeness (QED) is 0.615. The van der Waals surface area contributed by atoms with Crippen LogP contribution in [0.5, 0.6) is 0 Å². The van der Waals surface area contributed by atoms with Gasteiger partial charge in [0.05, 0.1) is 5.41 Å². The zero-order valence-electron chi connectivity index (χ0n) is 9.08. The lowest BCUT2D eigenvalue weighted by Crippen LogP contribution is -2.34. The molecule has 2 nitrogen and oxygen atoms in total. The van der Waals surface area contributed by atoms with Crippen LogP contribution in [0.1, 0.15) is 32.6 Å².